The van der Waals surface area contributed by atoms with Gasteiger partial charge in [0.05, 0.1) is 13.2 Å². The normalized spacial score (nSPS) is 16.9. The van der Waals surface area contributed by atoms with E-state index in [-0.39, 0.29) is 0 Å². The van der Waals surface area contributed by atoms with Gasteiger partial charge < -0.3 is 9.64 Å². The number of hydrogen-bond acceptors (Lipinski definition) is 5. The smallest absolute Gasteiger partial charge is 0.254 e. The maximum atomic E-state index is 5.29. The van der Waals surface area contributed by atoms with Crippen molar-refractivity contribution in [3.63, 3.8) is 0 Å². The molecule has 3 heterocycles. The molecule has 0 N–H and O–H groups in total. The number of fused-ring (bicyclic) bond motifs is 1. The monoisotopic (exact) mass is 219 g/mol. The highest BCUT2D eigenvalue weighted by Crippen LogP contribution is 2.11. The van der Waals surface area contributed by atoms with Crippen molar-refractivity contribution in [3.05, 3.63) is 18.0 Å². The Balaban J connectivity index is 1.97. The molecule has 0 bridgehead atoms. The molecule has 2 aromatic rings. The van der Waals surface area contributed by atoms with Crippen LogP contribution < -0.4 is 4.90 Å². The first kappa shape index (κ1) is 9.53. The van der Waals surface area contributed by atoms with Gasteiger partial charge in [0.2, 0.25) is 5.95 Å². The maximum Gasteiger partial charge on any atom is 0.254 e. The minimum absolute atomic E-state index is 0.654. The van der Waals surface area contributed by atoms with Gasteiger partial charge in [-0.2, -0.15) is 4.98 Å². The van der Waals surface area contributed by atoms with Crippen molar-refractivity contribution >= 4 is 11.7 Å². The number of ether oxygens (including phenoxy) is 1. The third-order valence-corrected chi connectivity index (χ3v) is 2.63. The molecule has 16 heavy (non-hydrogen) atoms. The van der Waals surface area contributed by atoms with E-state index in [1.54, 1.807) is 4.52 Å². The third kappa shape index (κ3) is 1.61. The largest absolute Gasteiger partial charge is 0.378 e. The lowest BCUT2D eigenvalue weighted by Gasteiger charge is -2.25. The fraction of sp³-hybridized carbons (Fsp3) is 0.500. The van der Waals surface area contributed by atoms with E-state index in [0.717, 1.165) is 37.9 Å². The summed E-state index contributed by atoms with van der Waals surface area (Å²) in [5, 5.41) is 4.39. The van der Waals surface area contributed by atoms with Crippen LogP contribution in [0.4, 0.5) is 5.95 Å². The highest BCUT2D eigenvalue weighted by molar-refractivity contribution is 5.39. The summed E-state index contributed by atoms with van der Waals surface area (Å²) in [5.74, 6) is 1.39. The van der Waals surface area contributed by atoms with Crippen molar-refractivity contribution in [3.8, 4) is 0 Å². The van der Waals surface area contributed by atoms with Crippen LogP contribution in [0.5, 0.6) is 0 Å². The van der Waals surface area contributed by atoms with Crippen LogP contribution in [0.2, 0.25) is 0 Å². The SMILES string of the molecule is Cc1ccn2nc(N3CCOCC3)nc2n1. The molecule has 0 aromatic carbocycles. The van der Waals surface area contributed by atoms with E-state index in [9.17, 15) is 0 Å². The minimum Gasteiger partial charge on any atom is -0.378 e. The average Bonchev–Trinajstić information content (AvgIpc) is 2.73. The van der Waals surface area contributed by atoms with Gasteiger partial charge in [-0.05, 0) is 13.0 Å². The Labute approximate surface area is 92.9 Å². The number of hydrogen-bond donors (Lipinski definition) is 0. The molecule has 0 amide bonds. The van der Waals surface area contributed by atoms with Crippen LogP contribution in [0.3, 0.4) is 0 Å². The Morgan fingerprint density at radius 1 is 1.25 bits per heavy atom. The summed E-state index contributed by atoms with van der Waals surface area (Å²) >= 11 is 0. The Morgan fingerprint density at radius 2 is 2.06 bits per heavy atom. The van der Waals surface area contributed by atoms with Crippen molar-refractivity contribution < 1.29 is 4.74 Å². The fourth-order valence-electron chi connectivity index (χ4n) is 1.75. The lowest BCUT2D eigenvalue weighted by Crippen LogP contribution is -2.36. The molecule has 1 aliphatic rings. The first-order chi connectivity index (χ1) is 7.83. The molecule has 0 atom stereocenters. The standard InChI is InChI=1S/C10H13N5O/c1-8-2-3-15-9(11-8)12-10(13-15)14-4-6-16-7-5-14/h2-3H,4-7H2,1H3. The summed E-state index contributed by atoms with van der Waals surface area (Å²) in [6, 6.07) is 1.92. The van der Waals surface area contributed by atoms with Crippen molar-refractivity contribution in [1.82, 2.24) is 19.6 Å². The Hall–Kier alpha value is -1.69. The van der Waals surface area contributed by atoms with E-state index >= 15 is 0 Å². The molecule has 0 saturated carbocycles. The second kappa shape index (κ2) is 3.71. The van der Waals surface area contributed by atoms with Crippen LogP contribution in [0.1, 0.15) is 5.69 Å². The number of rotatable bonds is 1. The van der Waals surface area contributed by atoms with E-state index in [0.29, 0.717) is 5.78 Å². The van der Waals surface area contributed by atoms with Crippen molar-refractivity contribution in [1.29, 1.82) is 0 Å². The van der Waals surface area contributed by atoms with Crippen LogP contribution in [-0.4, -0.2) is 45.9 Å². The number of nitrogens with zero attached hydrogens (tertiary/aromatic N) is 5. The molecule has 3 rings (SSSR count). The molecule has 1 saturated heterocycles. The highest BCUT2D eigenvalue weighted by Gasteiger charge is 2.16. The third-order valence-electron chi connectivity index (χ3n) is 2.63. The quantitative estimate of drug-likeness (QED) is 0.689. The van der Waals surface area contributed by atoms with Gasteiger partial charge in [0.1, 0.15) is 0 Å². The van der Waals surface area contributed by atoms with E-state index in [4.69, 9.17) is 4.74 Å². The van der Waals surface area contributed by atoms with Crippen molar-refractivity contribution in [2.45, 2.75) is 6.92 Å². The second-order valence-corrected chi connectivity index (χ2v) is 3.82. The summed E-state index contributed by atoms with van der Waals surface area (Å²) < 4.78 is 7.00. The number of aromatic nitrogens is 4. The number of aryl methyl sites for hydroxylation is 1. The Bertz CT molecular complexity index is 503. The van der Waals surface area contributed by atoms with Gasteiger partial charge in [-0.3, -0.25) is 0 Å². The van der Waals surface area contributed by atoms with Gasteiger partial charge >= 0.3 is 0 Å². The topological polar surface area (TPSA) is 55.5 Å². The van der Waals surface area contributed by atoms with Crippen LogP contribution in [0, 0.1) is 6.92 Å². The molecule has 0 aliphatic carbocycles. The summed E-state index contributed by atoms with van der Waals surface area (Å²) in [7, 11) is 0. The van der Waals surface area contributed by atoms with Gasteiger partial charge in [-0.25, -0.2) is 9.50 Å². The lowest BCUT2D eigenvalue weighted by atomic mass is 10.4. The van der Waals surface area contributed by atoms with Crippen molar-refractivity contribution in [2.24, 2.45) is 0 Å². The van der Waals surface area contributed by atoms with E-state index in [1.165, 1.54) is 0 Å². The van der Waals surface area contributed by atoms with Gasteiger partial charge in [-0.1, -0.05) is 0 Å². The molecule has 0 spiro atoms. The number of morpholine rings is 1. The van der Waals surface area contributed by atoms with Gasteiger partial charge in [0.15, 0.2) is 0 Å². The second-order valence-electron chi connectivity index (χ2n) is 3.82. The molecule has 1 aliphatic heterocycles. The Kier molecular flexibility index (Phi) is 2.21. The maximum absolute atomic E-state index is 5.29. The molecular weight excluding hydrogens is 206 g/mol. The van der Waals surface area contributed by atoms with E-state index in [1.807, 2.05) is 19.2 Å². The predicted octanol–water partition coefficient (Wildman–Crippen LogP) is 0.269. The van der Waals surface area contributed by atoms with Gasteiger partial charge in [0, 0.05) is 25.0 Å². The van der Waals surface area contributed by atoms with Crippen LogP contribution in [0.15, 0.2) is 12.3 Å². The molecular formula is C10H13N5O. The zero-order valence-electron chi connectivity index (χ0n) is 9.13. The highest BCUT2D eigenvalue weighted by atomic mass is 16.5. The fourth-order valence-corrected chi connectivity index (χ4v) is 1.75. The summed E-state index contributed by atoms with van der Waals surface area (Å²) in [6.07, 6.45) is 1.88. The molecule has 2 aromatic heterocycles. The zero-order valence-corrected chi connectivity index (χ0v) is 9.13. The number of anilines is 1. The summed E-state index contributed by atoms with van der Waals surface area (Å²) in [5.41, 5.74) is 0.952. The van der Waals surface area contributed by atoms with Gasteiger partial charge in [-0.15, -0.1) is 5.10 Å². The molecule has 1 fully saturated rings. The molecule has 84 valence electrons. The Morgan fingerprint density at radius 3 is 2.88 bits per heavy atom. The zero-order chi connectivity index (χ0) is 11.0. The first-order valence-corrected chi connectivity index (χ1v) is 5.36. The first-order valence-electron chi connectivity index (χ1n) is 5.36. The average molecular weight is 219 g/mol. The van der Waals surface area contributed by atoms with Gasteiger partial charge in [0.25, 0.3) is 5.78 Å². The predicted molar refractivity (Wildman–Crippen MR) is 58.6 cm³/mol. The van der Waals surface area contributed by atoms with Crippen LogP contribution in [0.25, 0.3) is 5.78 Å². The van der Waals surface area contributed by atoms with Crippen molar-refractivity contribution in [2.75, 3.05) is 31.2 Å². The van der Waals surface area contributed by atoms with Crippen LogP contribution >= 0.6 is 0 Å². The van der Waals surface area contributed by atoms with E-state index in [2.05, 4.69) is 20.0 Å². The molecule has 0 unspecified atom stereocenters. The lowest BCUT2D eigenvalue weighted by molar-refractivity contribution is 0.122. The molecule has 0 radical (unpaired) electrons. The summed E-state index contributed by atoms with van der Waals surface area (Å²) in [4.78, 5) is 10.8. The summed E-state index contributed by atoms with van der Waals surface area (Å²) in [6.45, 7) is 5.11. The molecule has 6 nitrogen and oxygen atoms in total. The molecule has 6 heteroatoms. The van der Waals surface area contributed by atoms with E-state index < -0.39 is 0 Å². The van der Waals surface area contributed by atoms with Crippen LogP contribution in [-0.2, 0) is 4.74 Å². The minimum atomic E-state index is 0.654.